The second-order valence-corrected chi connectivity index (χ2v) is 6.50. The number of hydrogen-bond acceptors (Lipinski definition) is 6. The standard InChI is InChI=1S/C14H15N3OS2/c1-10-3-6-20-12(10)7-17(2)8-13-15-14(16-18-13)11-4-5-19-9-11/h3-6,9H,7-8H2,1-2H3. The van der Waals surface area contributed by atoms with Crippen LogP contribution in [0, 0.1) is 6.92 Å². The van der Waals surface area contributed by atoms with Gasteiger partial charge >= 0.3 is 0 Å². The van der Waals surface area contributed by atoms with Crippen molar-refractivity contribution in [2.45, 2.75) is 20.0 Å². The highest BCUT2D eigenvalue weighted by Crippen LogP contribution is 2.20. The molecule has 3 heterocycles. The van der Waals surface area contributed by atoms with E-state index in [1.807, 2.05) is 16.8 Å². The Morgan fingerprint density at radius 2 is 2.15 bits per heavy atom. The predicted molar refractivity (Wildman–Crippen MR) is 81.8 cm³/mol. The Labute approximate surface area is 125 Å². The van der Waals surface area contributed by atoms with Crippen LogP contribution in [0.2, 0.25) is 0 Å². The van der Waals surface area contributed by atoms with Crippen molar-refractivity contribution in [2.75, 3.05) is 7.05 Å². The lowest BCUT2D eigenvalue weighted by Crippen LogP contribution is -2.17. The van der Waals surface area contributed by atoms with Gasteiger partial charge in [-0.2, -0.15) is 16.3 Å². The number of thiophene rings is 2. The van der Waals surface area contributed by atoms with Gasteiger partial charge in [0, 0.05) is 22.4 Å². The summed E-state index contributed by atoms with van der Waals surface area (Å²) in [7, 11) is 2.06. The van der Waals surface area contributed by atoms with Crippen LogP contribution in [-0.4, -0.2) is 22.1 Å². The Morgan fingerprint density at radius 3 is 2.85 bits per heavy atom. The maximum absolute atomic E-state index is 5.31. The van der Waals surface area contributed by atoms with Gasteiger partial charge in [-0.05, 0) is 42.4 Å². The third-order valence-electron chi connectivity index (χ3n) is 3.03. The molecule has 0 aliphatic heterocycles. The molecule has 0 unspecified atom stereocenters. The summed E-state index contributed by atoms with van der Waals surface area (Å²) < 4.78 is 5.31. The lowest BCUT2D eigenvalue weighted by atomic mass is 10.3. The topological polar surface area (TPSA) is 42.2 Å². The monoisotopic (exact) mass is 305 g/mol. The molecule has 3 aromatic heterocycles. The van der Waals surface area contributed by atoms with Gasteiger partial charge in [-0.1, -0.05) is 5.16 Å². The van der Waals surface area contributed by atoms with Gasteiger partial charge in [0.2, 0.25) is 11.7 Å². The molecule has 20 heavy (non-hydrogen) atoms. The zero-order chi connectivity index (χ0) is 13.9. The van der Waals surface area contributed by atoms with E-state index in [4.69, 9.17) is 4.52 Å². The molecule has 0 aliphatic rings. The Hall–Kier alpha value is -1.50. The molecule has 0 N–H and O–H groups in total. The SMILES string of the molecule is Cc1ccsc1CN(C)Cc1nc(-c2ccsc2)no1. The van der Waals surface area contributed by atoms with Crippen molar-refractivity contribution >= 4 is 22.7 Å². The van der Waals surface area contributed by atoms with Gasteiger partial charge in [0.1, 0.15) is 0 Å². The minimum Gasteiger partial charge on any atom is -0.338 e. The fourth-order valence-corrected chi connectivity index (χ4v) is 3.55. The van der Waals surface area contributed by atoms with Crippen molar-refractivity contribution in [1.82, 2.24) is 15.0 Å². The van der Waals surface area contributed by atoms with E-state index in [9.17, 15) is 0 Å². The number of hydrogen-bond donors (Lipinski definition) is 0. The van der Waals surface area contributed by atoms with Crippen molar-refractivity contribution in [1.29, 1.82) is 0 Å². The van der Waals surface area contributed by atoms with Crippen molar-refractivity contribution in [2.24, 2.45) is 0 Å². The molecule has 0 bridgehead atoms. The van der Waals surface area contributed by atoms with Crippen LogP contribution in [0.5, 0.6) is 0 Å². The third-order valence-corrected chi connectivity index (χ3v) is 4.73. The van der Waals surface area contributed by atoms with Crippen LogP contribution in [0.15, 0.2) is 32.8 Å². The quantitative estimate of drug-likeness (QED) is 0.719. The number of nitrogens with zero attached hydrogens (tertiary/aromatic N) is 3. The molecule has 4 nitrogen and oxygen atoms in total. The summed E-state index contributed by atoms with van der Waals surface area (Å²) in [5.74, 6) is 1.32. The summed E-state index contributed by atoms with van der Waals surface area (Å²) >= 11 is 3.42. The summed E-state index contributed by atoms with van der Waals surface area (Å²) in [6.07, 6.45) is 0. The lowest BCUT2D eigenvalue weighted by Gasteiger charge is -2.13. The van der Waals surface area contributed by atoms with Crippen molar-refractivity contribution in [3.05, 3.63) is 44.6 Å². The predicted octanol–water partition coefficient (Wildman–Crippen LogP) is 3.80. The van der Waals surface area contributed by atoms with Crippen LogP contribution < -0.4 is 0 Å². The Kier molecular flexibility index (Phi) is 3.95. The summed E-state index contributed by atoms with van der Waals surface area (Å²) in [6, 6.07) is 4.15. The summed E-state index contributed by atoms with van der Waals surface area (Å²) in [5.41, 5.74) is 2.35. The second-order valence-electron chi connectivity index (χ2n) is 4.72. The first-order valence-electron chi connectivity index (χ1n) is 6.29. The molecular formula is C14H15N3OS2. The molecular weight excluding hydrogens is 290 g/mol. The van der Waals surface area contributed by atoms with Gasteiger partial charge in [0.15, 0.2) is 0 Å². The van der Waals surface area contributed by atoms with Crippen molar-refractivity contribution in [3.8, 4) is 11.4 Å². The molecule has 3 rings (SSSR count). The maximum Gasteiger partial charge on any atom is 0.241 e. The molecule has 0 saturated heterocycles. The molecule has 0 amide bonds. The number of rotatable bonds is 5. The number of aryl methyl sites for hydroxylation is 1. The van der Waals surface area contributed by atoms with Crippen LogP contribution in [0.1, 0.15) is 16.3 Å². The maximum atomic E-state index is 5.31. The first-order valence-corrected chi connectivity index (χ1v) is 8.11. The van der Waals surface area contributed by atoms with E-state index in [0.717, 1.165) is 12.1 Å². The zero-order valence-corrected chi connectivity index (χ0v) is 13.0. The molecule has 0 radical (unpaired) electrons. The summed E-state index contributed by atoms with van der Waals surface area (Å²) in [5, 5.41) is 10.2. The van der Waals surface area contributed by atoms with Crippen LogP contribution in [0.25, 0.3) is 11.4 Å². The zero-order valence-electron chi connectivity index (χ0n) is 11.4. The third kappa shape index (κ3) is 2.98. The first kappa shape index (κ1) is 13.5. The number of aromatic nitrogens is 2. The Morgan fingerprint density at radius 1 is 1.25 bits per heavy atom. The lowest BCUT2D eigenvalue weighted by molar-refractivity contribution is 0.262. The molecule has 0 aromatic carbocycles. The molecule has 0 aliphatic carbocycles. The molecule has 0 atom stereocenters. The van der Waals surface area contributed by atoms with E-state index >= 15 is 0 Å². The fourth-order valence-electron chi connectivity index (χ4n) is 1.93. The van der Waals surface area contributed by atoms with Crippen LogP contribution in [0.4, 0.5) is 0 Å². The van der Waals surface area contributed by atoms with Crippen LogP contribution in [-0.2, 0) is 13.1 Å². The molecule has 104 valence electrons. The van der Waals surface area contributed by atoms with Gasteiger partial charge in [0.05, 0.1) is 6.54 Å². The molecule has 0 spiro atoms. The average Bonchev–Trinajstić information content (AvgIpc) is 3.12. The normalized spacial score (nSPS) is 11.3. The summed E-state index contributed by atoms with van der Waals surface area (Å²) in [4.78, 5) is 8.00. The van der Waals surface area contributed by atoms with Gasteiger partial charge in [-0.15, -0.1) is 11.3 Å². The van der Waals surface area contributed by atoms with Gasteiger partial charge < -0.3 is 4.52 Å². The Bertz CT molecular complexity index is 672. The van der Waals surface area contributed by atoms with Crippen LogP contribution in [0.3, 0.4) is 0 Å². The summed E-state index contributed by atoms with van der Waals surface area (Å²) in [6.45, 7) is 3.70. The van der Waals surface area contributed by atoms with Gasteiger partial charge in [-0.3, -0.25) is 4.90 Å². The van der Waals surface area contributed by atoms with E-state index in [-0.39, 0.29) is 0 Å². The highest BCUT2D eigenvalue weighted by atomic mass is 32.1. The molecule has 0 fully saturated rings. The minimum absolute atomic E-state index is 0.655. The van der Waals surface area contributed by atoms with E-state index in [2.05, 4.69) is 40.5 Å². The van der Waals surface area contributed by atoms with E-state index in [0.29, 0.717) is 18.3 Å². The van der Waals surface area contributed by atoms with Crippen LogP contribution >= 0.6 is 22.7 Å². The second kappa shape index (κ2) is 5.87. The fraction of sp³-hybridized carbons (Fsp3) is 0.286. The van der Waals surface area contributed by atoms with Gasteiger partial charge in [-0.25, -0.2) is 0 Å². The molecule has 0 saturated carbocycles. The average molecular weight is 305 g/mol. The first-order chi connectivity index (χ1) is 9.72. The minimum atomic E-state index is 0.655. The Balaban J connectivity index is 1.65. The van der Waals surface area contributed by atoms with E-state index in [1.165, 1.54) is 10.4 Å². The van der Waals surface area contributed by atoms with Crippen molar-refractivity contribution in [3.63, 3.8) is 0 Å². The highest BCUT2D eigenvalue weighted by Gasteiger charge is 2.12. The smallest absolute Gasteiger partial charge is 0.241 e. The van der Waals surface area contributed by atoms with Gasteiger partial charge in [0.25, 0.3) is 0 Å². The largest absolute Gasteiger partial charge is 0.338 e. The van der Waals surface area contributed by atoms with E-state index < -0.39 is 0 Å². The van der Waals surface area contributed by atoms with E-state index in [1.54, 1.807) is 22.7 Å². The molecule has 3 aromatic rings. The molecule has 6 heteroatoms. The highest BCUT2D eigenvalue weighted by molar-refractivity contribution is 7.10. The van der Waals surface area contributed by atoms with Crippen molar-refractivity contribution < 1.29 is 4.52 Å².